The Labute approximate surface area is 105 Å². The largest absolute Gasteiger partial charge is 0.391 e. The van der Waals surface area contributed by atoms with Crippen LogP contribution in [0.3, 0.4) is 0 Å². The predicted molar refractivity (Wildman–Crippen MR) is 68.2 cm³/mol. The van der Waals surface area contributed by atoms with Gasteiger partial charge in [-0.1, -0.05) is 13.0 Å². The third kappa shape index (κ3) is 2.62. The summed E-state index contributed by atoms with van der Waals surface area (Å²) in [4.78, 5) is 20.3. The van der Waals surface area contributed by atoms with Gasteiger partial charge in [0.05, 0.1) is 17.2 Å². The van der Waals surface area contributed by atoms with Gasteiger partial charge in [0.2, 0.25) is 0 Å². The number of rotatable bonds is 4. The highest BCUT2D eigenvalue weighted by atomic mass is 16.3. The van der Waals surface area contributed by atoms with Gasteiger partial charge < -0.3 is 10.4 Å². The number of amides is 1. The molecule has 0 bridgehead atoms. The SMILES string of the molecule is CCC(O)CNC(=O)c1cccc2nccnc12. The van der Waals surface area contributed by atoms with E-state index in [1.807, 2.05) is 6.92 Å². The van der Waals surface area contributed by atoms with Gasteiger partial charge in [-0.2, -0.15) is 0 Å². The molecule has 0 fully saturated rings. The molecule has 1 aromatic carbocycles. The highest BCUT2D eigenvalue weighted by Gasteiger charge is 2.12. The molecule has 0 aliphatic rings. The van der Waals surface area contributed by atoms with Crippen molar-refractivity contribution >= 4 is 16.9 Å². The average molecular weight is 245 g/mol. The first-order valence-corrected chi connectivity index (χ1v) is 5.88. The fraction of sp³-hybridized carbons (Fsp3) is 0.308. The number of para-hydroxylation sites is 1. The van der Waals surface area contributed by atoms with E-state index >= 15 is 0 Å². The van der Waals surface area contributed by atoms with Crippen LogP contribution >= 0.6 is 0 Å². The van der Waals surface area contributed by atoms with Gasteiger partial charge >= 0.3 is 0 Å². The Bertz CT molecular complexity index is 551. The summed E-state index contributed by atoms with van der Waals surface area (Å²) in [7, 11) is 0. The van der Waals surface area contributed by atoms with Gasteiger partial charge in [-0.3, -0.25) is 14.8 Å². The summed E-state index contributed by atoms with van der Waals surface area (Å²) < 4.78 is 0. The number of aromatic nitrogens is 2. The fourth-order valence-corrected chi connectivity index (χ4v) is 1.63. The van der Waals surface area contributed by atoms with Crippen molar-refractivity contribution in [2.24, 2.45) is 0 Å². The van der Waals surface area contributed by atoms with Crippen LogP contribution in [0.25, 0.3) is 11.0 Å². The normalized spacial score (nSPS) is 12.3. The summed E-state index contributed by atoms with van der Waals surface area (Å²) in [6.45, 7) is 2.10. The number of nitrogens with one attached hydrogen (secondary N) is 1. The van der Waals surface area contributed by atoms with E-state index in [1.165, 1.54) is 0 Å². The molecule has 0 spiro atoms. The molecule has 1 atom stereocenters. The van der Waals surface area contributed by atoms with Gasteiger partial charge in [-0.05, 0) is 18.6 Å². The molecule has 0 aliphatic carbocycles. The van der Waals surface area contributed by atoms with Gasteiger partial charge in [0.1, 0.15) is 5.52 Å². The second-order valence-electron chi connectivity index (χ2n) is 4.00. The number of fused-ring (bicyclic) bond motifs is 1. The lowest BCUT2D eigenvalue weighted by molar-refractivity contribution is 0.0915. The van der Waals surface area contributed by atoms with E-state index in [0.29, 0.717) is 23.0 Å². The Morgan fingerprint density at radius 3 is 2.94 bits per heavy atom. The lowest BCUT2D eigenvalue weighted by Crippen LogP contribution is -2.31. The van der Waals surface area contributed by atoms with E-state index < -0.39 is 6.10 Å². The fourth-order valence-electron chi connectivity index (χ4n) is 1.63. The second kappa shape index (κ2) is 5.55. The quantitative estimate of drug-likeness (QED) is 0.846. The van der Waals surface area contributed by atoms with Crippen LogP contribution in [0.1, 0.15) is 23.7 Å². The van der Waals surface area contributed by atoms with Crippen LogP contribution in [-0.2, 0) is 0 Å². The number of nitrogens with zero attached hydrogens (tertiary/aromatic N) is 2. The molecule has 0 saturated heterocycles. The van der Waals surface area contributed by atoms with E-state index in [4.69, 9.17) is 0 Å². The monoisotopic (exact) mass is 245 g/mol. The molecule has 5 heteroatoms. The molecular formula is C13H15N3O2. The lowest BCUT2D eigenvalue weighted by Gasteiger charge is -2.10. The second-order valence-corrected chi connectivity index (χ2v) is 4.00. The minimum absolute atomic E-state index is 0.242. The van der Waals surface area contributed by atoms with Gasteiger partial charge in [0, 0.05) is 18.9 Å². The van der Waals surface area contributed by atoms with Gasteiger partial charge in [0.25, 0.3) is 5.91 Å². The first-order valence-electron chi connectivity index (χ1n) is 5.88. The van der Waals surface area contributed by atoms with Crippen LogP contribution < -0.4 is 5.32 Å². The highest BCUT2D eigenvalue weighted by Crippen LogP contribution is 2.13. The molecule has 94 valence electrons. The third-order valence-electron chi connectivity index (χ3n) is 2.71. The number of hydrogen-bond donors (Lipinski definition) is 2. The Morgan fingerprint density at radius 1 is 1.39 bits per heavy atom. The zero-order valence-corrected chi connectivity index (χ0v) is 10.1. The van der Waals surface area contributed by atoms with Crippen LogP contribution in [0.4, 0.5) is 0 Å². The zero-order chi connectivity index (χ0) is 13.0. The number of benzene rings is 1. The van der Waals surface area contributed by atoms with Crippen molar-refractivity contribution in [1.29, 1.82) is 0 Å². The van der Waals surface area contributed by atoms with Crippen LogP contribution in [0.2, 0.25) is 0 Å². The molecule has 1 unspecified atom stereocenters. The summed E-state index contributed by atoms with van der Waals surface area (Å²) in [6.07, 6.45) is 3.23. The number of aliphatic hydroxyl groups excluding tert-OH is 1. The number of aliphatic hydroxyl groups is 1. The van der Waals surface area contributed by atoms with Crippen molar-refractivity contribution in [2.75, 3.05) is 6.54 Å². The molecule has 1 amide bonds. The first kappa shape index (κ1) is 12.4. The summed E-state index contributed by atoms with van der Waals surface area (Å²) >= 11 is 0. The highest BCUT2D eigenvalue weighted by molar-refractivity contribution is 6.04. The minimum Gasteiger partial charge on any atom is -0.391 e. The molecule has 0 aliphatic heterocycles. The number of carbonyl (C=O) groups is 1. The van der Waals surface area contributed by atoms with Crippen LogP contribution in [0, 0.1) is 0 Å². The summed E-state index contributed by atoms with van der Waals surface area (Å²) in [5, 5.41) is 12.1. The average Bonchev–Trinajstić information content (AvgIpc) is 2.43. The van der Waals surface area contributed by atoms with Crippen molar-refractivity contribution in [2.45, 2.75) is 19.4 Å². The topological polar surface area (TPSA) is 75.1 Å². The van der Waals surface area contributed by atoms with Crippen molar-refractivity contribution in [3.05, 3.63) is 36.2 Å². The molecule has 1 heterocycles. The van der Waals surface area contributed by atoms with Gasteiger partial charge in [0.15, 0.2) is 0 Å². The van der Waals surface area contributed by atoms with Crippen molar-refractivity contribution in [3.63, 3.8) is 0 Å². The smallest absolute Gasteiger partial charge is 0.253 e. The standard InChI is InChI=1S/C13H15N3O2/c1-2-9(17)8-16-13(18)10-4-3-5-11-12(10)15-7-6-14-11/h3-7,9,17H,2,8H2,1H3,(H,16,18). The van der Waals surface area contributed by atoms with Gasteiger partial charge in [-0.15, -0.1) is 0 Å². The maximum absolute atomic E-state index is 12.0. The van der Waals surface area contributed by atoms with E-state index in [1.54, 1.807) is 30.6 Å². The van der Waals surface area contributed by atoms with E-state index in [-0.39, 0.29) is 12.5 Å². The van der Waals surface area contributed by atoms with Crippen LogP contribution in [0.15, 0.2) is 30.6 Å². The molecule has 0 saturated carbocycles. The van der Waals surface area contributed by atoms with Gasteiger partial charge in [-0.25, -0.2) is 0 Å². The van der Waals surface area contributed by atoms with Crippen LogP contribution in [0.5, 0.6) is 0 Å². The molecule has 1 aromatic heterocycles. The predicted octanol–water partition coefficient (Wildman–Crippen LogP) is 1.13. The summed E-state index contributed by atoms with van der Waals surface area (Å²) in [5.41, 5.74) is 1.73. The summed E-state index contributed by atoms with van der Waals surface area (Å²) in [5.74, 6) is -0.242. The van der Waals surface area contributed by atoms with E-state index in [9.17, 15) is 9.90 Å². The first-order chi connectivity index (χ1) is 8.72. The molecule has 2 N–H and O–H groups in total. The van der Waals surface area contributed by atoms with E-state index in [2.05, 4.69) is 15.3 Å². The Balaban J connectivity index is 2.22. The Hall–Kier alpha value is -2.01. The summed E-state index contributed by atoms with van der Waals surface area (Å²) in [6, 6.07) is 5.27. The Kier molecular flexibility index (Phi) is 3.84. The van der Waals surface area contributed by atoms with Crippen molar-refractivity contribution in [3.8, 4) is 0 Å². The maximum Gasteiger partial charge on any atom is 0.253 e. The number of hydrogen-bond acceptors (Lipinski definition) is 4. The molecule has 2 aromatic rings. The molecule has 2 rings (SSSR count). The molecule has 18 heavy (non-hydrogen) atoms. The maximum atomic E-state index is 12.0. The van der Waals surface area contributed by atoms with Crippen LogP contribution in [-0.4, -0.2) is 33.6 Å². The Morgan fingerprint density at radius 2 is 2.17 bits per heavy atom. The number of carbonyl (C=O) groups excluding carboxylic acids is 1. The molecule has 0 radical (unpaired) electrons. The van der Waals surface area contributed by atoms with E-state index in [0.717, 1.165) is 0 Å². The zero-order valence-electron chi connectivity index (χ0n) is 10.1. The molecular weight excluding hydrogens is 230 g/mol. The molecule has 5 nitrogen and oxygen atoms in total. The van der Waals surface area contributed by atoms with Crippen molar-refractivity contribution in [1.82, 2.24) is 15.3 Å². The van der Waals surface area contributed by atoms with Crippen molar-refractivity contribution < 1.29 is 9.90 Å². The lowest BCUT2D eigenvalue weighted by atomic mass is 10.1. The third-order valence-corrected chi connectivity index (χ3v) is 2.71. The minimum atomic E-state index is -0.519.